The molecule has 0 bridgehead atoms. The molecule has 6 heteroatoms. The molecular weight excluding hydrogens is 657 g/mol. The first-order valence-electron chi connectivity index (χ1n) is 18.2. The van der Waals surface area contributed by atoms with E-state index < -0.39 is 0 Å². The summed E-state index contributed by atoms with van der Waals surface area (Å²) in [5.41, 5.74) is 11.8. The largest absolute Gasteiger partial charge is 0.497 e. The Morgan fingerprint density at radius 2 is 0.830 bits per heavy atom. The van der Waals surface area contributed by atoms with Gasteiger partial charge in [-0.25, -0.2) is 0 Å². The number of esters is 1. The van der Waals surface area contributed by atoms with E-state index in [-0.39, 0.29) is 5.97 Å². The summed E-state index contributed by atoms with van der Waals surface area (Å²) in [7, 11) is 3.10. The van der Waals surface area contributed by atoms with Crippen LogP contribution in [-0.2, 0) is 35.2 Å². The number of methoxy groups -OCH3 is 2. The molecule has 6 aromatic rings. The molecule has 0 unspecified atom stereocenters. The van der Waals surface area contributed by atoms with Crippen molar-refractivity contribution in [1.29, 1.82) is 0 Å². The standard InChI is InChI=1S/C47H46N2O4/c1-4-5-35-8-19-40(20-9-35)49(45-29-31-46(52-2)32-30-45)43-23-12-37(13-24-43)7-6-36-10-21-41(22-11-36)48(44-27-16-39(34-50)17-28-44)42-25-14-38(15-26-42)18-33-47(51)53-3/h8-17,19-32,34H,4-7,18,33H2,1-3H3. The zero-order valence-corrected chi connectivity index (χ0v) is 30.7. The number of anilines is 6. The number of rotatable bonds is 16. The number of carbonyl (C=O) groups is 2. The van der Waals surface area contributed by atoms with Gasteiger partial charge in [0.2, 0.25) is 0 Å². The highest BCUT2D eigenvalue weighted by Gasteiger charge is 2.15. The van der Waals surface area contributed by atoms with Crippen molar-refractivity contribution in [3.05, 3.63) is 173 Å². The van der Waals surface area contributed by atoms with Crippen LogP contribution in [0.3, 0.4) is 0 Å². The van der Waals surface area contributed by atoms with E-state index in [4.69, 9.17) is 9.47 Å². The predicted molar refractivity (Wildman–Crippen MR) is 216 cm³/mol. The maximum absolute atomic E-state index is 11.7. The Labute approximate surface area is 313 Å². The van der Waals surface area contributed by atoms with Gasteiger partial charge >= 0.3 is 5.97 Å². The van der Waals surface area contributed by atoms with Crippen LogP contribution in [0, 0.1) is 0 Å². The summed E-state index contributed by atoms with van der Waals surface area (Å²) in [6.45, 7) is 2.21. The zero-order valence-electron chi connectivity index (χ0n) is 30.7. The van der Waals surface area contributed by atoms with E-state index in [1.54, 1.807) is 7.11 Å². The second-order valence-corrected chi connectivity index (χ2v) is 13.1. The molecule has 0 saturated carbocycles. The summed E-state index contributed by atoms with van der Waals surface area (Å²) in [6, 6.07) is 50.4. The lowest BCUT2D eigenvalue weighted by Crippen LogP contribution is -2.10. The molecule has 0 atom stereocenters. The third-order valence-corrected chi connectivity index (χ3v) is 9.48. The molecule has 0 aliphatic carbocycles. The number of aryl methyl sites for hydroxylation is 4. The summed E-state index contributed by atoms with van der Waals surface area (Å²) in [5.74, 6) is 0.613. The first kappa shape index (κ1) is 36.6. The van der Waals surface area contributed by atoms with Crippen molar-refractivity contribution >= 4 is 46.4 Å². The fourth-order valence-corrected chi connectivity index (χ4v) is 6.50. The Morgan fingerprint density at radius 3 is 1.17 bits per heavy atom. The average molecular weight is 703 g/mol. The highest BCUT2D eigenvalue weighted by molar-refractivity contribution is 5.81. The van der Waals surface area contributed by atoms with Gasteiger partial charge in [0.1, 0.15) is 12.0 Å². The number of carbonyl (C=O) groups excluding carboxylic acids is 2. The minimum Gasteiger partial charge on any atom is -0.497 e. The second kappa shape index (κ2) is 17.9. The maximum atomic E-state index is 11.7. The van der Waals surface area contributed by atoms with Crippen molar-refractivity contribution in [3.63, 3.8) is 0 Å². The van der Waals surface area contributed by atoms with Crippen LogP contribution in [0.1, 0.15) is 52.4 Å². The Bertz CT molecular complexity index is 2060. The number of nitrogens with zero attached hydrogens (tertiary/aromatic N) is 2. The molecule has 268 valence electrons. The number of ether oxygens (including phenoxy) is 2. The number of hydrogen-bond acceptors (Lipinski definition) is 6. The van der Waals surface area contributed by atoms with Gasteiger partial charge in [-0.3, -0.25) is 9.59 Å². The van der Waals surface area contributed by atoms with Gasteiger partial charge < -0.3 is 19.3 Å². The molecule has 53 heavy (non-hydrogen) atoms. The van der Waals surface area contributed by atoms with E-state index in [1.165, 1.54) is 23.8 Å². The van der Waals surface area contributed by atoms with Crippen molar-refractivity contribution < 1.29 is 19.1 Å². The molecule has 0 radical (unpaired) electrons. The molecule has 0 spiro atoms. The Hall–Kier alpha value is -6.14. The van der Waals surface area contributed by atoms with Crippen LogP contribution in [0.15, 0.2) is 146 Å². The minimum atomic E-state index is -0.219. The molecule has 0 saturated heterocycles. The highest BCUT2D eigenvalue weighted by Crippen LogP contribution is 2.37. The molecule has 0 fully saturated rings. The fourth-order valence-electron chi connectivity index (χ4n) is 6.50. The average Bonchev–Trinajstić information content (AvgIpc) is 3.22. The first-order valence-corrected chi connectivity index (χ1v) is 18.2. The fraction of sp³-hybridized carbons (Fsp3) is 0.191. The van der Waals surface area contributed by atoms with Gasteiger partial charge in [0.05, 0.1) is 14.2 Å². The van der Waals surface area contributed by atoms with Gasteiger partial charge in [0.15, 0.2) is 0 Å². The summed E-state index contributed by atoms with van der Waals surface area (Å²) in [6.07, 6.45) is 5.83. The van der Waals surface area contributed by atoms with Gasteiger partial charge in [-0.05, 0) is 145 Å². The van der Waals surface area contributed by atoms with Crippen LogP contribution < -0.4 is 14.5 Å². The summed E-state index contributed by atoms with van der Waals surface area (Å²) in [4.78, 5) is 27.5. The summed E-state index contributed by atoms with van der Waals surface area (Å²) < 4.78 is 10.2. The molecule has 6 aromatic carbocycles. The minimum absolute atomic E-state index is 0.219. The molecule has 0 aliphatic heterocycles. The second-order valence-electron chi connectivity index (χ2n) is 13.1. The van der Waals surface area contributed by atoms with Crippen molar-refractivity contribution in [3.8, 4) is 5.75 Å². The van der Waals surface area contributed by atoms with Gasteiger partial charge in [-0.15, -0.1) is 0 Å². The van der Waals surface area contributed by atoms with Crippen LogP contribution >= 0.6 is 0 Å². The van der Waals surface area contributed by atoms with E-state index in [2.05, 4.69) is 114 Å². The van der Waals surface area contributed by atoms with Crippen LogP contribution in [0.4, 0.5) is 34.1 Å². The van der Waals surface area contributed by atoms with Crippen LogP contribution in [0.2, 0.25) is 0 Å². The third kappa shape index (κ3) is 9.40. The molecule has 0 aromatic heterocycles. The molecule has 0 aliphatic rings. The van der Waals surface area contributed by atoms with Gasteiger partial charge in [0, 0.05) is 46.1 Å². The lowest BCUT2D eigenvalue weighted by Gasteiger charge is -2.26. The van der Waals surface area contributed by atoms with Crippen LogP contribution in [0.25, 0.3) is 0 Å². The summed E-state index contributed by atoms with van der Waals surface area (Å²) >= 11 is 0. The van der Waals surface area contributed by atoms with Crippen molar-refractivity contribution in [2.75, 3.05) is 24.0 Å². The Morgan fingerprint density at radius 1 is 0.491 bits per heavy atom. The SMILES string of the molecule is CCCc1ccc(N(c2ccc(CCc3ccc(N(c4ccc(C=O)cc4)c4ccc(CCC(=O)OC)cc4)cc3)cc2)c2ccc(OC)cc2)cc1. The predicted octanol–water partition coefficient (Wildman–Crippen LogP) is 11.3. The smallest absolute Gasteiger partial charge is 0.305 e. The quantitative estimate of drug-likeness (QED) is 0.0739. The Kier molecular flexibility index (Phi) is 12.4. The summed E-state index contributed by atoms with van der Waals surface area (Å²) in [5, 5.41) is 0. The van der Waals surface area contributed by atoms with Crippen LogP contribution in [-0.4, -0.2) is 26.5 Å². The van der Waals surface area contributed by atoms with Gasteiger partial charge in [-0.2, -0.15) is 0 Å². The Balaban J connectivity index is 1.17. The topological polar surface area (TPSA) is 59.1 Å². The third-order valence-electron chi connectivity index (χ3n) is 9.48. The number of hydrogen-bond donors (Lipinski definition) is 0. The van der Waals surface area contributed by atoms with Crippen LogP contribution in [0.5, 0.6) is 5.75 Å². The van der Waals surface area contributed by atoms with E-state index in [0.29, 0.717) is 18.4 Å². The molecule has 0 N–H and O–H groups in total. The highest BCUT2D eigenvalue weighted by atomic mass is 16.5. The van der Waals surface area contributed by atoms with Crippen molar-refractivity contribution in [1.82, 2.24) is 0 Å². The molecule has 6 rings (SSSR count). The number of benzene rings is 6. The monoisotopic (exact) mass is 702 g/mol. The van der Waals surface area contributed by atoms with E-state index in [0.717, 1.165) is 77.4 Å². The van der Waals surface area contributed by atoms with Gasteiger partial charge in [-0.1, -0.05) is 61.9 Å². The van der Waals surface area contributed by atoms with E-state index in [9.17, 15) is 9.59 Å². The zero-order chi connectivity index (χ0) is 37.0. The van der Waals surface area contributed by atoms with E-state index in [1.807, 2.05) is 48.5 Å². The van der Waals surface area contributed by atoms with E-state index >= 15 is 0 Å². The first-order chi connectivity index (χ1) is 26.0. The van der Waals surface area contributed by atoms with Crippen molar-refractivity contribution in [2.45, 2.75) is 45.4 Å². The molecule has 6 nitrogen and oxygen atoms in total. The molecule has 0 amide bonds. The van der Waals surface area contributed by atoms with Gasteiger partial charge in [0.25, 0.3) is 0 Å². The lowest BCUT2D eigenvalue weighted by atomic mass is 10.0. The lowest BCUT2D eigenvalue weighted by molar-refractivity contribution is -0.140. The number of aldehydes is 1. The molecular formula is C47H46N2O4. The maximum Gasteiger partial charge on any atom is 0.305 e. The van der Waals surface area contributed by atoms with Crippen molar-refractivity contribution in [2.24, 2.45) is 0 Å². The molecule has 0 heterocycles. The normalized spacial score (nSPS) is 10.8.